The third-order valence-corrected chi connectivity index (χ3v) is 4.60. The minimum atomic E-state index is -3.92. The molecule has 4 nitrogen and oxygen atoms in total. The number of sulfonamides is 1. The molecule has 0 spiro atoms. The smallest absolute Gasteiger partial charge is 0.244 e. The van der Waals surface area contributed by atoms with Gasteiger partial charge in [0.05, 0.1) is 5.02 Å². The maximum absolute atomic E-state index is 13.7. The normalized spacial score (nSPS) is 18.1. The van der Waals surface area contributed by atoms with Crippen molar-refractivity contribution < 1.29 is 12.8 Å². The van der Waals surface area contributed by atoms with E-state index in [0.717, 1.165) is 18.9 Å². The first kappa shape index (κ1) is 12.6. The van der Waals surface area contributed by atoms with Crippen LogP contribution in [0.1, 0.15) is 19.8 Å². The van der Waals surface area contributed by atoms with Crippen LogP contribution in [0.15, 0.2) is 17.0 Å². The molecule has 0 heterocycles. The molecule has 1 aromatic rings. The zero-order valence-corrected chi connectivity index (χ0v) is 10.7. The summed E-state index contributed by atoms with van der Waals surface area (Å²) in [7, 11) is -3.92. The molecule has 94 valence electrons. The molecule has 1 saturated carbocycles. The molecular weight excluding hydrogens is 267 g/mol. The van der Waals surface area contributed by atoms with Crippen LogP contribution in [-0.2, 0) is 10.0 Å². The van der Waals surface area contributed by atoms with Crippen LogP contribution in [0.4, 0.5) is 10.1 Å². The summed E-state index contributed by atoms with van der Waals surface area (Å²) >= 11 is 5.56. The number of nitrogens with two attached hydrogens (primary N) is 1. The Morgan fingerprint density at radius 1 is 1.47 bits per heavy atom. The number of anilines is 1. The lowest BCUT2D eigenvalue weighted by molar-refractivity contribution is 0.541. The summed E-state index contributed by atoms with van der Waals surface area (Å²) in [6.07, 6.45) is 1.48. The molecule has 1 aromatic carbocycles. The van der Waals surface area contributed by atoms with Crippen molar-refractivity contribution in [1.82, 2.24) is 4.72 Å². The fraction of sp³-hybridized carbons (Fsp3) is 0.400. The van der Waals surface area contributed by atoms with Crippen molar-refractivity contribution in [1.29, 1.82) is 0 Å². The maximum Gasteiger partial charge on any atom is 0.244 e. The summed E-state index contributed by atoms with van der Waals surface area (Å²) in [5, 5.41) is -0.300. The molecule has 1 fully saturated rings. The Labute approximate surface area is 104 Å². The number of nitrogens with one attached hydrogen (secondary N) is 1. The Morgan fingerprint density at radius 2 is 2.06 bits per heavy atom. The average molecular weight is 279 g/mol. The molecule has 0 radical (unpaired) electrons. The highest BCUT2D eigenvalue weighted by atomic mass is 35.5. The fourth-order valence-corrected chi connectivity index (χ4v) is 3.33. The molecule has 0 atom stereocenters. The second-order valence-corrected chi connectivity index (χ2v) is 6.54. The van der Waals surface area contributed by atoms with E-state index in [9.17, 15) is 12.8 Å². The molecular formula is C10H12ClFN2O2S. The van der Waals surface area contributed by atoms with Crippen LogP contribution in [0.25, 0.3) is 0 Å². The highest BCUT2D eigenvalue weighted by Gasteiger charge is 2.42. The minimum Gasteiger partial charge on any atom is -0.399 e. The summed E-state index contributed by atoms with van der Waals surface area (Å²) in [5.41, 5.74) is 5.10. The van der Waals surface area contributed by atoms with Crippen LogP contribution in [-0.4, -0.2) is 14.0 Å². The quantitative estimate of drug-likeness (QED) is 0.830. The number of halogens is 2. The Bertz CT molecular complexity index is 570. The summed E-state index contributed by atoms with van der Waals surface area (Å²) in [6, 6.07) is 2.24. The lowest BCUT2D eigenvalue weighted by atomic mass is 10.3. The molecule has 1 aliphatic rings. The lowest BCUT2D eigenvalue weighted by Crippen LogP contribution is -2.34. The number of rotatable bonds is 3. The Hall–Kier alpha value is -0.850. The van der Waals surface area contributed by atoms with E-state index in [4.69, 9.17) is 17.3 Å². The maximum atomic E-state index is 13.7. The van der Waals surface area contributed by atoms with Gasteiger partial charge in [0.25, 0.3) is 0 Å². The van der Waals surface area contributed by atoms with E-state index in [1.54, 1.807) is 6.92 Å². The van der Waals surface area contributed by atoms with Crippen LogP contribution in [0.5, 0.6) is 0 Å². The molecule has 0 aromatic heterocycles. The van der Waals surface area contributed by atoms with E-state index in [-0.39, 0.29) is 10.7 Å². The van der Waals surface area contributed by atoms with Crippen molar-refractivity contribution in [2.24, 2.45) is 0 Å². The third-order valence-electron chi connectivity index (χ3n) is 2.69. The second kappa shape index (κ2) is 3.83. The van der Waals surface area contributed by atoms with Gasteiger partial charge in [0.1, 0.15) is 4.90 Å². The van der Waals surface area contributed by atoms with Crippen LogP contribution in [0.2, 0.25) is 5.02 Å². The van der Waals surface area contributed by atoms with Crippen molar-refractivity contribution in [2.75, 3.05) is 5.73 Å². The molecule has 2 rings (SSSR count). The number of hydrogen-bond donors (Lipinski definition) is 2. The number of hydrogen-bond acceptors (Lipinski definition) is 3. The van der Waals surface area contributed by atoms with Crippen molar-refractivity contribution in [3.05, 3.63) is 23.0 Å². The van der Waals surface area contributed by atoms with E-state index < -0.39 is 26.3 Å². The van der Waals surface area contributed by atoms with E-state index in [0.29, 0.717) is 0 Å². The molecule has 7 heteroatoms. The van der Waals surface area contributed by atoms with Crippen LogP contribution in [0, 0.1) is 5.82 Å². The number of nitrogen functional groups attached to an aromatic ring is 1. The first-order chi connectivity index (χ1) is 7.73. The first-order valence-electron chi connectivity index (χ1n) is 5.02. The van der Waals surface area contributed by atoms with E-state index in [1.807, 2.05) is 0 Å². The molecule has 3 N–H and O–H groups in total. The van der Waals surface area contributed by atoms with Crippen LogP contribution in [0.3, 0.4) is 0 Å². The van der Waals surface area contributed by atoms with E-state index >= 15 is 0 Å². The van der Waals surface area contributed by atoms with E-state index in [1.165, 1.54) is 6.07 Å². The average Bonchev–Trinajstić information content (AvgIpc) is 2.88. The van der Waals surface area contributed by atoms with Gasteiger partial charge in [0.15, 0.2) is 5.82 Å². The number of benzene rings is 1. The summed E-state index contributed by atoms with van der Waals surface area (Å²) in [6.45, 7) is 1.76. The van der Waals surface area contributed by atoms with Gasteiger partial charge in [0.2, 0.25) is 10.0 Å². The zero-order valence-electron chi connectivity index (χ0n) is 9.13. The monoisotopic (exact) mass is 278 g/mol. The van der Waals surface area contributed by atoms with Gasteiger partial charge < -0.3 is 5.73 Å². The first-order valence-corrected chi connectivity index (χ1v) is 6.88. The van der Waals surface area contributed by atoms with Gasteiger partial charge in [-0.15, -0.1) is 0 Å². The molecule has 17 heavy (non-hydrogen) atoms. The van der Waals surface area contributed by atoms with Crippen molar-refractivity contribution in [3.63, 3.8) is 0 Å². The van der Waals surface area contributed by atoms with E-state index in [2.05, 4.69) is 4.72 Å². The predicted octanol–water partition coefficient (Wildman–Crippen LogP) is 1.89. The molecule has 0 unspecified atom stereocenters. The van der Waals surface area contributed by atoms with Gasteiger partial charge in [-0.25, -0.2) is 17.5 Å². The molecule has 0 amide bonds. The largest absolute Gasteiger partial charge is 0.399 e. The predicted molar refractivity (Wildman–Crippen MR) is 63.8 cm³/mol. The topological polar surface area (TPSA) is 72.2 Å². The van der Waals surface area contributed by atoms with Gasteiger partial charge in [-0.05, 0) is 31.9 Å². The Balaban J connectivity index is 2.45. The SMILES string of the molecule is CC1(NS(=O)(=O)c2cc(N)cc(Cl)c2F)CC1. The summed E-state index contributed by atoms with van der Waals surface area (Å²) in [5.74, 6) is -0.974. The van der Waals surface area contributed by atoms with Gasteiger partial charge in [-0.1, -0.05) is 11.6 Å². The van der Waals surface area contributed by atoms with Crippen molar-refractivity contribution in [3.8, 4) is 0 Å². The fourth-order valence-electron chi connectivity index (χ4n) is 1.45. The molecule has 0 aliphatic heterocycles. The highest BCUT2D eigenvalue weighted by molar-refractivity contribution is 7.89. The van der Waals surface area contributed by atoms with Crippen LogP contribution < -0.4 is 10.5 Å². The Kier molecular flexibility index (Phi) is 2.84. The second-order valence-electron chi connectivity index (χ2n) is 4.48. The molecule has 1 aliphatic carbocycles. The van der Waals surface area contributed by atoms with Crippen LogP contribution >= 0.6 is 11.6 Å². The molecule has 0 saturated heterocycles. The van der Waals surface area contributed by atoms with Gasteiger partial charge in [-0.2, -0.15) is 0 Å². The van der Waals surface area contributed by atoms with Crippen molar-refractivity contribution >= 4 is 27.3 Å². The lowest BCUT2D eigenvalue weighted by Gasteiger charge is -2.13. The standard InChI is InChI=1S/C10H12ClFN2O2S/c1-10(2-3-10)14-17(15,16)8-5-6(13)4-7(11)9(8)12/h4-5,14H,2-3,13H2,1H3. The third kappa shape index (κ3) is 2.53. The zero-order chi connectivity index (χ0) is 12.8. The van der Waals surface area contributed by atoms with Gasteiger partial charge in [0, 0.05) is 11.2 Å². The van der Waals surface area contributed by atoms with Gasteiger partial charge in [-0.3, -0.25) is 0 Å². The van der Waals surface area contributed by atoms with Gasteiger partial charge >= 0.3 is 0 Å². The molecule has 0 bridgehead atoms. The minimum absolute atomic E-state index is 0.109. The summed E-state index contributed by atoms with van der Waals surface area (Å²) in [4.78, 5) is -0.504. The highest BCUT2D eigenvalue weighted by Crippen LogP contribution is 2.36. The Morgan fingerprint density at radius 3 is 2.59 bits per heavy atom. The summed E-state index contributed by atoms with van der Waals surface area (Å²) < 4.78 is 40.0. The van der Waals surface area contributed by atoms with Crippen molar-refractivity contribution in [2.45, 2.75) is 30.2 Å².